The molecule has 1 heteroatoms. The van der Waals surface area contributed by atoms with E-state index in [1.807, 2.05) is 54.6 Å². The van der Waals surface area contributed by atoms with E-state index in [1.165, 1.54) is 11.1 Å². The fraction of sp³-hybridized carbons (Fsp3) is 0.174. The van der Waals surface area contributed by atoms with Crippen molar-refractivity contribution in [2.24, 2.45) is 0 Å². The summed E-state index contributed by atoms with van der Waals surface area (Å²) in [6.07, 6.45) is 1.93. The highest BCUT2D eigenvalue weighted by molar-refractivity contribution is 6.09. The predicted octanol–water partition coefficient (Wildman–Crippen LogP) is 5.71. The Hall–Kier alpha value is -2.67. The Morgan fingerprint density at radius 1 is 0.750 bits per heavy atom. The maximum atomic E-state index is 12.8. The maximum absolute atomic E-state index is 12.8. The second-order valence-corrected chi connectivity index (χ2v) is 5.97. The Balaban J connectivity index is 2.00. The predicted molar refractivity (Wildman–Crippen MR) is 101 cm³/mol. The zero-order chi connectivity index (χ0) is 16.9. The van der Waals surface area contributed by atoms with Crippen LogP contribution in [0.25, 0.3) is 11.1 Å². The standard InChI is InChI=1S/C23H22O/c1-3-17-10-12-20(13-11-17)23(24)21-15-14-18(4-2)22(16-21)19-8-6-5-7-9-19/h5-16H,3-4H2,1-2H3. The number of carbonyl (C=O) groups excluding carboxylic acids is 1. The smallest absolute Gasteiger partial charge is 0.193 e. The van der Waals surface area contributed by atoms with E-state index in [-0.39, 0.29) is 5.78 Å². The van der Waals surface area contributed by atoms with Crippen LogP contribution in [0.15, 0.2) is 72.8 Å². The molecule has 0 bridgehead atoms. The van der Waals surface area contributed by atoms with E-state index in [2.05, 4.69) is 32.0 Å². The molecule has 1 nitrogen and oxygen atoms in total. The summed E-state index contributed by atoms with van der Waals surface area (Å²) in [6, 6.07) is 24.3. The summed E-state index contributed by atoms with van der Waals surface area (Å²) < 4.78 is 0. The third-order valence-electron chi connectivity index (χ3n) is 4.46. The number of carbonyl (C=O) groups is 1. The first kappa shape index (κ1) is 16.2. The lowest BCUT2D eigenvalue weighted by Gasteiger charge is -2.11. The van der Waals surface area contributed by atoms with Gasteiger partial charge in [-0.15, -0.1) is 0 Å². The van der Waals surface area contributed by atoms with Gasteiger partial charge in [-0.1, -0.05) is 80.6 Å². The van der Waals surface area contributed by atoms with Crippen molar-refractivity contribution in [3.63, 3.8) is 0 Å². The molecule has 0 aliphatic heterocycles. The highest BCUT2D eigenvalue weighted by atomic mass is 16.1. The third-order valence-corrected chi connectivity index (χ3v) is 4.46. The fourth-order valence-electron chi connectivity index (χ4n) is 2.97. The van der Waals surface area contributed by atoms with Gasteiger partial charge in [0, 0.05) is 11.1 Å². The molecule has 24 heavy (non-hydrogen) atoms. The highest BCUT2D eigenvalue weighted by Gasteiger charge is 2.12. The summed E-state index contributed by atoms with van der Waals surface area (Å²) in [5, 5.41) is 0. The SMILES string of the molecule is CCc1ccc(C(=O)c2ccc(CC)c(-c3ccccc3)c2)cc1. The van der Waals surface area contributed by atoms with Crippen molar-refractivity contribution in [1.29, 1.82) is 0 Å². The number of aryl methyl sites for hydroxylation is 2. The molecule has 0 saturated carbocycles. The Morgan fingerprint density at radius 2 is 1.42 bits per heavy atom. The minimum Gasteiger partial charge on any atom is -0.289 e. The molecule has 0 unspecified atom stereocenters. The largest absolute Gasteiger partial charge is 0.289 e. The summed E-state index contributed by atoms with van der Waals surface area (Å²) in [7, 11) is 0. The number of benzene rings is 3. The van der Waals surface area contributed by atoms with Crippen LogP contribution in [0.1, 0.15) is 40.9 Å². The molecule has 0 saturated heterocycles. The lowest BCUT2D eigenvalue weighted by molar-refractivity contribution is 0.103. The second kappa shape index (κ2) is 7.27. The molecule has 0 radical (unpaired) electrons. The van der Waals surface area contributed by atoms with E-state index in [0.29, 0.717) is 0 Å². The average Bonchev–Trinajstić information content (AvgIpc) is 2.67. The van der Waals surface area contributed by atoms with Crippen molar-refractivity contribution < 1.29 is 4.79 Å². The summed E-state index contributed by atoms with van der Waals surface area (Å²) in [6.45, 7) is 4.26. The van der Waals surface area contributed by atoms with Gasteiger partial charge in [-0.2, -0.15) is 0 Å². The third kappa shape index (κ3) is 3.30. The van der Waals surface area contributed by atoms with Gasteiger partial charge in [0.25, 0.3) is 0 Å². The molecule has 0 spiro atoms. The lowest BCUT2D eigenvalue weighted by Crippen LogP contribution is -2.03. The van der Waals surface area contributed by atoms with E-state index >= 15 is 0 Å². The van der Waals surface area contributed by atoms with Gasteiger partial charge in [-0.3, -0.25) is 4.79 Å². The van der Waals surface area contributed by atoms with Crippen LogP contribution in [0.2, 0.25) is 0 Å². The van der Waals surface area contributed by atoms with Gasteiger partial charge in [0.1, 0.15) is 0 Å². The molecule has 3 rings (SSSR count). The van der Waals surface area contributed by atoms with Gasteiger partial charge < -0.3 is 0 Å². The molecule has 3 aromatic carbocycles. The van der Waals surface area contributed by atoms with Crippen LogP contribution >= 0.6 is 0 Å². The van der Waals surface area contributed by atoms with Gasteiger partial charge in [-0.05, 0) is 41.2 Å². The molecule has 120 valence electrons. The Labute approximate surface area is 144 Å². The molecular formula is C23H22O. The molecule has 3 aromatic rings. The number of hydrogen-bond acceptors (Lipinski definition) is 1. The molecule has 0 fully saturated rings. The van der Waals surface area contributed by atoms with Crippen LogP contribution in [-0.4, -0.2) is 5.78 Å². The maximum Gasteiger partial charge on any atom is 0.193 e. The fourth-order valence-corrected chi connectivity index (χ4v) is 2.97. The molecular weight excluding hydrogens is 292 g/mol. The van der Waals surface area contributed by atoms with Gasteiger partial charge in [0.15, 0.2) is 5.78 Å². The molecule has 0 aliphatic rings. The van der Waals surface area contributed by atoms with E-state index in [4.69, 9.17) is 0 Å². The van der Waals surface area contributed by atoms with Crippen LogP contribution in [0.3, 0.4) is 0 Å². The zero-order valence-electron chi connectivity index (χ0n) is 14.3. The second-order valence-electron chi connectivity index (χ2n) is 5.97. The van der Waals surface area contributed by atoms with Crippen molar-refractivity contribution >= 4 is 5.78 Å². The van der Waals surface area contributed by atoms with Crippen LogP contribution < -0.4 is 0 Å². The molecule has 0 atom stereocenters. The van der Waals surface area contributed by atoms with E-state index in [9.17, 15) is 4.79 Å². The van der Waals surface area contributed by atoms with E-state index < -0.39 is 0 Å². The van der Waals surface area contributed by atoms with Crippen LogP contribution in [0.5, 0.6) is 0 Å². The number of ketones is 1. The van der Waals surface area contributed by atoms with Crippen LogP contribution in [-0.2, 0) is 12.8 Å². The first-order chi connectivity index (χ1) is 11.7. The Bertz CT molecular complexity index is 830. The van der Waals surface area contributed by atoms with Crippen LogP contribution in [0.4, 0.5) is 0 Å². The molecule has 0 amide bonds. The van der Waals surface area contributed by atoms with Crippen LogP contribution in [0, 0.1) is 0 Å². The molecule has 0 heterocycles. The lowest BCUT2D eigenvalue weighted by atomic mass is 9.93. The summed E-state index contributed by atoms with van der Waals surface area (Å²) in [5.74, 6) is 0.0810. The van der Waals surface area contributed by atoms with Crippen molar-refractivity contribution in [1.82, 2.24) is 0 Å². The van der Waals surface area contributed by atoms with Gasteiger partial charge in [-0.25, -0.2) is 0 Å². The van der Waals surface area contributed by atoms with Crippen molar-refractivity contribution in [3.05, 3.63) is 95.1 Å². The summed E-state index contributed by atoms with van der Waals surface area (Å²) in [5.41, 5.74) is 6.31. The molecule has 0 aliphatic carbocycles. The van der Waals surface area contributed by atoms with E-state index in [1.54, 1.807) is 0 Å². The zero-order valence-corrected chi connectivity index (χ0v) is 14.3. The Morgan fingerprint density at radius 3 is 2.04 bits per heavy atom. The quantitative estimate of drug-likeness (QED) is 0.551. The number of hydrogen-bond donors (Lipinski definition) is 0. The highest BCUT2D eigenvalue weighted by Crippen LogP contribution is 2.26. The molecule has 0 aromatic heterocycles. The average molecular weight is 314 g/mol. The first-order valence-corrected chi connectivity index (χ1v) is 8.55. The molecule has 0 N–H and O–H groups in total. The summed E-state index contributed by atoms with van der Waals surface area (Å²) in [4.78, 5) is 12.8. The topological polar surface area (TPSA) is 17.1 Å². The van der Waals surface area contributed by atoms with Gasteiger partial charge in [0.05, 0.1) is 0 Å². The Kier molecular flexibility index (Phi) is 4.90. The minimum absolute atomic E-state index is 0.0810. The van der Waals surface area contributed by atoms with Crippen molar-refractivity contribution in [2.75, 3.05) is 0 Å². The summed E-state index contributed by atoms with van der Waals surface area (Å²) >= 11 is 0. The monoisotopic (exact) mass is 314 g/mol. The van der Waals surface area contributed by atoms with Crippen molar-refractivity contribution in [2.45, 2.75) is 26.7 Å². The van der Waals surface area contributed by atoms with Gasteiger partial charge >= 0.3 is 0 Å². The van der Waals surface area contributed by atoms with Gasteiger partial charge in [0.2, 0.25) is 0 Å². The van der Waals surface area contributed by atoms with Crippen molar-refractivity contribution in [3.8, 4) is 11.1 Å². The van der Waals surface area contributed by atoms with E-state index in [0.717, 1.165) is 35.1 Å². The normalized spacial score (nSPS) is 10.6. The first-order valence-electron chi connectivity index (χ1n) is 8.55. The minimum atomic E-state index is 0.0810. The number of rotatable bonds is 5.